The Hall–Kier alpha value is -2.16. The number of nitrogens with one attached hydrogen (secondary N) is 1. The number of ether oxygens (including phenoxy) is 2. The second-order valence-corrected chi connectivity index (χ2v) is 8.44. The maximum absolute atomic E-state index is 6.01. The number of para-hydroxylation sites is 2. The highest BCUT2D eigenvalue weighted by Gasteiger charge is 2.18. The third-order valence-corrected chi connectivity index (χ3v) is 5.00. The number of hydrogen-bond acceptors (Lipinski definition) is 3. The Kier molecular flexibility index (Phi) is 8.69. The van der Waals surface area contributed by atoms with Crippen LogP contribution in [-0.2, 0) is 0 Å². The Morgan fingerprint density at radius 1 is 0.893 bits per heavy atom. The average molecular weight is 384 g/mol. The van der Waals surface area contributed by atoms with Gasteiger partial charge in [-0.2, -0.15) is 0 Å². The van der Waals surface area contributed by atoms with Crippen LogP contribution in [0.25, 0.3) is 0 Å². The lowest BCUT2D eigenvalue weighted by Gasteiger charge is -2.26. The molecular weight excluding hydrogens is 346 g/mol. The largest absolute Gasteiger partial charge is 0.493 e. The third kappa shape index (κ3) is 7.46. The van der Waals surface area contributed by atoms with E-state index < -0.39 is 0 Å². The zero-order chi connectivity index (χ0) is 20.4. The zero-order valence-electron chi connectivity index (χ0n) is 18.3. The molecule has 0 saturated heterocycles. The van der Waals surface area contributed by atoms with Gasteiger partial charge in [0, 0.05) is 6.54 Å². The van der Waals surface area contributed by atoms with Crippen LogP contribution >= 0.6 is 0 Å². The van der Waals surface area contributed by atoms with E-state index in [0.717, 1.165) is 62.6 Å². The molecule has 0 saturated carbocycles. The van der Waals surface area contributed by atoms with E-state index in [1.807, 2.05) is 12.1 Å². The highest BCUT2D eigenvalue weighted by atomic mass is 16.5. The summed E-state index contributed by atoms with van der Waals surface area (Å²) in [6, 6.07) is 14.6. The number of hydrogen-bond donors (Lipinski definition) is 1. The third-order valence-electron chi connectivity index (χ3n) is 5.00. The van der Waals surface area contributed by atoms with E-state index in [9.17, 15) is 0 Å². The van der Waals surface area contributed by atoms with Crippen LogP contribution in [0, 0.1) is 19.3 Å². The first-order valence-corrected chi connectivity index (χ1v) is 10.6. The summed E-state index contributed by atoms with van der Waals surface area (Å²) in [4.78, 5) is 0. The Balaban J connectivity index is 1.78. The summed E-state index contributed by atoms with van der Waals surface area (Å²) in [5.41, 5.74) is 3.70. The molecule has 1 N–H and O–H groups in total. The molecule has 0 heterocycles. The van der Waals surface area contributed by atoms with Gasteiger partial charge in [-0.1, -0.05) is 51.5 Å². The van der Waals surface area contributed by atoms with Crippen LogP contribution in [0.3, 0.4) is 0 Å². The van der Waals surface area contributed by atoms with Crippen LogP contribution in [0.1, 0.15) is 57.6 Å². The molecule has 0 bridgehead atoms. The normalized spacial score (nSPS) is 11.3. The molecule has 0 aromatic heterocycles. The SMILES string of the molecule is CCCCOc1ccccc1NCC(C)(C)CCCOc1cc(C)ccc1C. The van der Waals surface area contributed by atoms with Crippen molar-refractivity contribution in [1.29, 1.82) is 0 Å². The minimum absolute atomic E-state index is 0.182. The van der Waals surface area contributed by atoms with Gasteiger partial charge in [-0.05, 0) is 67.9 Å². The lowest BCUT2D eigenvalue weighted by Crippen LogP contribution is -2.24. The van der Waals surface area contributed by atoms with Crippen molar-refractivity contribution < 1.29 is 9.47 Å². The number of benzene rings is 2. The molecule has 0 fully saturated rings. The molecular formula is C25H37NO2. The molecule has 0 amide bonds. The fourth-order valence-corrected chi connectivity index (χ4v) is 3.08. The maximum Gasteiger partial charge on any atom is 0.142 e. The smallest absolute Gasteiger partial charge is 0.142 e. The van der Waals surface area contributed by atoms with Gasteiger partial charge in [0.25, 0.3) is 0 Å². The molecule has 0 radical (unpaired) electrons. The highest BCUT2D eigenvalue weighted by Crippen LogP contribution is 2.28. The van der Waals surface area contributed by atoms with Crippen molar-refractivity contribution in [2.75, 3.05) is 25.1 Å². The Morgan fingerprint density at radius 3 is 2.39 bits per heavy atom. The maximum atomic E-state index is 6.01. The second-order valence-electron chi connectivity index (χ2n) is 8.44. The van der Waals surface area contributed by atoms with Gasteiger partial charge >= 0.3 is 0 Å². The molecule has 3 heteroatoms. The standard InChI is InChI=1S/C25H37NO2/c1-6-7-16-27-23-12-9-8-11-22(23)26-19-25(4,5)15-10-17-28-24-18-20(2)13-14-21(24)3/h8-9,11-14,18,26H,6-7,10,15-17,19H2,1-5H3. The lowest BCUT2D eigenvalue weighted by atomic mass is 9.88. The summed E-state index contributed by atoms with van der Waals surface area (Å²) < 4.78 is 11.9. The number of anilines is 1. The summed E-state index contributed by atoms with van der Waals surface area (Å²) in [5.74, 6) is 1.96. The minimum Gasteiger partial charge on any atom is -0.493 e. The average Bonchev–Trinajstić information content (AvgIpc) is 2.67. The van der Waals surface area contributed by atoms with Gasteiger partial charge in [0.15, 0.2) is 0 Å². The first-order valence-electron chi connectivity index (χ1n) is 10.6. The van der Waals surface area contributed by atoms with Crippen molar-refractivity contribution in [1.82, 2.24) is 0 Å². The molecule has 0 aliphatic rings. The summed E-state index contributed by atoms with van der Waals surface area (Å²) >= 11 is 0. The van der Waals surface area contributed by atoms with Crippen LogP contribution in [0.5, 0.6) is 11.5 Å². The van der Waals surface area contributed by atoms with Crippen molar-refractivity contribution in [3.63, 3.8) is 0 Å². The van der Waals surface area contributed by atoms with Gasteiger partial charge in [0.1, 0.15) is 11.5 Å². The van der Waals surface area contributed by atoms with E-state index >= 15 is 0 Å². The molecule has 0 aliphatic heterocycles. The number of rotatable bonds is 12. The number of aryl methyl sites for hydroxylation is 2. The van der Waals surface area contributed by atoms with Gasteiger partial charge in [-0.3, -0.25) is 0 Å². The second kappa shape index (κ2) is 11.0. The van der Waals surface area contributed by atoms with Gasteiger partial charge in [-0.25, -0.2) is 0 Å². The van der Waals surface area contributed by atoms with E-state index in [2.05, 4.69) is 70.3 Å². The van der Waals surface area contributed by atoms with E-state index in [-0.39, 0.29) is 5.41 Å². The summed E-state index contributed by atoms with van der Waals surface area (Å²) in [5, 5.41) is 3.59. The predicted molar refractivity (Wildman–Crippen MR) is 120 cm³/mol. The molecule has 2 aromatic rings. The molecule has 0 spiro atoms. The Morgan fingerprint density at radius 2 is 1.61 bits per heavy atom. The van der Waals surface area contributed by atoms with E-state index in [0.29, 0.717) is 0 Å². The molecule has 154 valence electrons. The topological polar surface area (TPSA) is 30.5 Å². The quantitative estimate of drug-likeness (QED) is 0.410. The highest BCUT2D eigenvalue weighted by molar-refractivity contribution is 5.56. The van der Waals surface area contributed by atoms with Crippen LogP contribution in [0.2, 0.25) is 0 Å². The van der Waals surface area contributed by atoms with Crippen LogP contribution in [0.4, 0.5) is 5.69 Å². The molecule has 0 aliphatic carbocycles. The molecule has 3 nitrogen and oxygen atoms in total. The fraction of sp³-hybridized carbons (Fsp3) is 0.520. The van der Waals surface area contributed by atoms with Crippen LogP contribution in [0.15, 0.2) is 42.5 Å². The molecule has 28 heavy (non-hydrogen) atoms. The molecule has 0 atom stereocenters. The van der Waals surface area contributed by atoms with Crippen molar-refractivity contribution in [3.8, 4) is 11.5 Å². The monoisotopic (exact) mass is 383 g/mol. The molecule has 2 aromatic carbocycles. The minimum atomic E-state index is 0.182. The van der Waals surface area contributed by atoms with Crippen molar-refractivity contribution >= 4 is 5.69 Å². The van der Waals surface area contributed by atoms with E-state index in [1.165, 1.54) is 11.1 Å². The molecule has 0 unspecified atom stereocenters. The van der Waals surface area contributed by atoms with Gasteiger partial charge in [0.05, 0.1) is 18.9 Å². The van der Waals surface area contributed by atoms with E-state index in [4.69, 9.17) is 9.47 Å². The van der Waals surface area contributed by atoms with Crippen LogP contribution in [-0.4, -0.2) is 19.8 Å². The van der Waals surface area contributed by atoms with Crippen LogP contribution < -0.4 is 14.8 Å². The fourth-order valence-electron chi connectivity index (χ4n) is 3.08. The molecule has 2 rings (SSSR count). The van der Waals surface area contributed by atoms with Crippen molar-refractivity contribution in [2.45, 2.75) is 60.3 Å². The predicted octanol–water partition coefficient (Wildman–Crippen LogP) is 6.78. The number of unbranched alkanes of at least 4 members (excludes halogenated alkanes) is 1. The summed E-state index contributed by atoms with van der Waals surface area (Å²) in [7, 11) is 0. The first-order chi connectivity index (χ1) is 13.4. The Labute approximate surface area is 171 Å². The lowest BCUT2D eigenvalue weighted by molar-refractivity contribution is 0.263. The summed E-state index contributed by atoms with van der Waals surface area (Å²) in [6.07, 6.45) is 4.37. The van der Waals surface area contributed by atoms with E-state index in [1.54, 1.807) is 0 Å². The van der Waals surface area contributed by atoms with Gasteiger partial charge in [0.2, 0.25) is 0 Å². The summed E-state index contributed by atoms with van der Waals surface area (Å²) in [6.45, 7) is 13.4. The first kappa shape index (κ1) is 22.1. The Bertz CT molecular complexity index is 724. The van der Waals surface area contributed by atoms with Crippen molar-refractivity contribution in [3.05, 3.63) is 53.6 Å². The van der Waals surface area contributed by atoms with Crippen molar-refractivity contribution in [2.24, 2.45) is 5.41 Å². The zero-order valence-corrected chi connectivity index (χ0v) is 18.3. The van der Waals surface area contributed by atoms with Gasteiger partial charge < -0.3 is 14.8 Å². The van der Waals surface area contributed by atoms with Gasteiger partial charge in [-0.15, -0.1) is 0 Å².